The minimum atomic E-state index is -0.215. The molecule has 0 radical (unpaired) electrons. The van der Waals surface area contributed by atoms with Crippen molar-refractivity contribution in [1.29, 1.82) is 0 Å². The molecule has 4 aliphatic carbocycles. The van der Waals surface area contributed by atoms with Gasteiger partial charge in [0.2, 0.25) is 23.6 Å². The number of allylic oxidation sites excluding steroid dienone is 4. The number of rotatable bonds is 3. The molecule has 4 fully saturated rings. The van der Waals surface area contributed by atoms with Gasteiger partial charge in [-0.25, -0.2) is 9.80 Å². The van der Waals surface area contributed by atoms with E-state index < -0.39 is 0 Å². The van der Waals surface area contributed by atoms with E-state index in [9.17, 15) is 19.2 Å². The maximum absolute atomic E-state index is 13.3. The molecule has 0 aromatic heterocycles. The van der Waals surface area contributed by atoms with Gasteiger partial charge in [0.15, 0.2) is 0 Å². The predicted octanol–water partition coefficient (Wildman–Crippen LogP) is 4.59. The number of carbonyl (C=O) groups excluding carboxylic acids is 4. The van der Waals surface area contributed by atoms with Gasteiger partial charge in [0.25, 0.3) is 0 Å². The quantitative estimate of drug-likeness (QED) is 0.453. The van der Waals surface area contributed by atoms with Crippen LogP contribution in [0.15, 0.2) is 60.7 Å². The summed E-state index contributed by atoms with van der Waals surface area (Å²) < 4.78 is 0. The summed E-state index contributed by atoms with van der Waals surface area (Å²) in [4.78, 5) is 56.0. The highest BCUT2D eigenvalue weighted by molar-refractivity contribution is 6.24. The zero-order chi connectivity index (χ0) is 26.0. The first kappa shape index (κ1) is 22.2. The van der Waals surface area contributed by atoms with Crippen LogP contribution in [0.25, 0.3) is 11.1 Å². The Morgan fingerprint density at radius 1 is 0.526 bits per heavy atom. The van der Waals surface area contributed by atoms with Crippen LogP contribution >= 0.6 is 0 Å². The Morgan fingerprint density at radius 3 is 1.13 bits per heavy atom. The molecule has 2 aromatic rings. The molecular weight excluding hydrogens is 476 g/mol. The first-order valence-corrected chi connectivity index (χ1v) is 13.7. The van der Waals surface area contributed by atoms with Crippen LogP contribution in [0.2, 0.25) is 0 Å². The Balaban J connectivity index is 1.08. The number of nitrogens with zero attached hydrogens (tertiary/aromatic N) is 2. The summed E-state index contributed by atoms with van der Waals surface area (Å²) in [6.07, 6.45) is 10.3. The third kappa shape index (κ3) is 2.68. The SMILES string of the molecule is Cc1cc(-c2ccc(N3C(=O)[C@@H]4[C@H](C3=O)[C@H]3C=C[C@H]4C3)c(C)c2)ccc1N1C(=O)[C@@H]2[C@H](C1=O)[C@H]1C=C[C@H]2C1. The van der Waals surface area contributed by atoms with Crippen molar-refractivity contribution in [2.45, 2.75) is 26.7 Å². The average Bonchev–Trinajstić information content (AvgIpc) is 3.74. The van der Waals surface area contributed by atoms with Crippen molar-refractivity contribution in [3.63, 3.8) is 0 Å². The van der Waals surface area contributed by atoms with Gasteiger partial charge < -0.3 is 0 Å². The zero-order valence-electron chi connectivity index (χ0n) is 21.3. The Bertz CT molecular complexity index is 1380. The number of hydrogen-bond acceptors (Lipinski definition) is 4. The molecule has 2 saturated carbocycles. The molecule has 190 valence electrons. The second-order valence-corrected chi connectivity index (χ2v) is 12.0. The van der Waals surface area contributed by atoms with Crippen molar-refractivity contribution < 1.29 is 19.2 Å². The number of hydrogen-bond donors (Lipinski definition) is 0. The fourth-order valence-electron chi connectivity index (χ4n) is 8.45. The van der Waals surface area contributed by atoms with E-state index >= 15 is 0 Å². The van der Waals surface area contributed by atoms with Crippen molar-refractivity contribution >= 4 is 35.0 Å². The van der Waals surface area contributed by atoms with E-state index in [-0.39, 0.29) is 71.0 Å². The van der Waals surface area contributed by atoms with E-state index in [0.29, 0.717) is 11.4 Å². The second-order valence-electron chi connectivity index (χ2n) is 12.0. The Morgan fingerprint density at radius 2 is 0.842 bits per heavy atom. The molecule has 6 heteroatoms. The van der Waals surface area contributed by atoms with Crippen LogP contribution in [-0.2, 0) is 19.2 Å². The second kappa shape index (κ2) is 7.40. The van der Waals surface area contributed by atoms with E-state index in [1.807, 2.05) is 50.2 Å². The molecule has 38 heavy (non-hydrogen) atoms. The Labute approximate surface area is 221 Å². The highest BCUT2D eigenvalue weighted by Gasteiger charge is 2.60. The van der Waals surface area contributed by atoms with E-state index in [4.69, 9.17) is 0 Å². The maximum atomic E-state index is 13.3. The molecule has 4 amide bonds. The molecule has 6 aliphatic rings. The van der Waals surface area contributed by atoms with Gasteiger partial charge in [0.1, 0.15) is 0 Å². The van der Waals surface area contributed by atoms with Gasteiger partial charge in [-0.05, 0) is 96.9 Å². The molecule has 2 heterocycles. The van der Waals surface area contributed by atoms with Gasteiger partial charge in [-0.1, -0.05) is 36.4 Å². The summed E-state index contributed by atoms with van der Waals surface area (Å²) in [5.41, 5.74) is 4.97. The number of fused-ring (bicyclic) bond motifs is 10. The van der Waals surface area contributed by atoms with Crippen LogP contribution in [0, 0.1) is 61.2 Å². The number of benzene rings is 2. The van der Waals surface area contributed by atoms with Gasteiger partial charge in [0.05, 0.1) is 35.0 Å². The van der Waals surface area contributed by atoms with Gasteiger partial charge in [-0.3, -0.25) is 19.2 Å². The third-order valence-corrected chi connectivity index (χ3v) is 10.1. The van der Waals surface area contributed by atoms with Crippen molar-refractivity contribution in [2.75, 3.05) is 9.80 Å². The Hall–Kier alpha value is -3.80. The highest BCUT2D eigenvalue weighted by atomic mass is 16.2. The maximum Gasteiger partial charge on any atom is 0.238 e. The fourth-order valence-corrected chi connectivity index (χ4v) is 8.45. The van der Waals surface area contributed by atoms with Crippen molar-refractivity contribution in [2.24, 2.45) is 47.3 Å². The van der Waals surface area contributed by atoms with Crippen LogP contribution in [-0.4, -0.2) is 23.6 Å². The number of amides is 4. The predicted molar refractivity (Wildman–Crippen MR) is 142 cm³/mol. The molecule has 2 aliphatic heterocycles. The summed E-state index contributed by atoms with van der Waals surface area (Å²) in [6, 6.07) is 11.6. The first-order valence-electron chi connectivity index (χ1n) is 13.7. The largest absolute Gasteiger partial charge is 0.274 e. The van der Waals surface area contributed by atoms with E-state index in [2.05, 4.69) is 24.3 Å². The summed E-state index contributed by atoms with van der Waals surface area (Å²) >= 11 is 0. The molecule has 8 rings (SSSR count). The highest BCUT2D eigenvalue weighted by Crippen LogP contribution is 2.54. The van der Waals surface area contributed by atoms with Gasteiger partial charge in [-0.2, -0.15) is 0 Å². The van der Waals surface area contributed by atoms with Crippen LogP contribution in [0.5, 0.6) is 0 Å². The van der Waals surface area contributed by atoms with Crippen LogP contribution in [0.1, 0.15) is 24.0 Å². The van der Waals surface area contributed by atoms with Crippen molar-refractivity contribution in [1.82, 2.24) is 0 Å². The molecule has 0 spiro atoms. The summed E-state index contributed by atoms with van der Waals surface area (Å²) in [7, 11) is 0. The molecule has 8 atom stereocenters. The molecule has 2 aromatic carbocycles. The van der Waals surface area contributed by atoms with E-state index in [0.717, 1.165) is 35.1 Å². The fraction of sp³-hybridized carbons (Fsp3) is 0.375. The van der Waals surface area contributed by atoms with Crippen molar-refractivity contribution in [3.8, 4) is 11.1 Å². The van der Waals surface area contributed by atoms with Gasteiger partial charge in [0, 0.05) is 0 Å². The number of aryl methyl sites for hydroxylation is 2. The van der Waals surface area contributed by atoms with Gasteiger partial charge in [-0.15, -0.1) is 0 Å². The lowest BCUT2D eigenvalue weighted by Crippen LogP contribution is -2.33. The molecule has 2 saturated heterocycles. The smallest absolute Gasteiger partial charge is 0.238 e. The molecular formula is C32H28N2O4. The van der Waals surface area contributed by atoms with Gasteiger partial charge >= 0.3 is 0 Å². The standard InChI is InChI=1S/C32H28N2O4/c1-15-11-17(7-9-23(15)33-29(35)25-19-3-4-20(13-19)26(25)30(33)36)18-8-10-24(16(2)12-18)34-31(37)27-21-5-6-22(14-21)28(27)32(34)38/h3-12,19-22,25-28H,13-14H2,1-2H3/t19-,20-,21-,22-,25-,26+,27-,28+/m0/s1. The number of carbonyl (C=O) groups is 4. The topological polar surface area (TPSA) is 74.8 Å². The lowest BCUT2D eigenvalue weighted by Gasteiger charge is -2.21. The summed E-state index contributed by atoms with van der Waals surface area (Å²) in [5, 5.41) is 0. The summed E-state index contributed by atoms with van der Waals surface area (Å²) in [5.74, 6) is -0.380. The first-order chi connectivity index (χ1) is 18.3. The minimum absolute atomic E-state index is 0.0683. The zero-order valence-corrected chi connectivity index (χ0v) is 21.3. The molecule has 0 unspecified atom stereocenters. The third-order valence-electron chi connectivity index (χ3n) is 10.1. The van der Waals surface area contributed by atoms with Crippen LogP contribution in [0.3, 0.4) is 0 Å². The van der Waals surface area contributed by atoms with Crippen LogP contribution in [0.4, 0.5) is 11.4 Å². The monoisotopic (exact) mass is 504 g/mol. The minimum Gasteiger partial charge on any atom is -0.274 e. The number of anilines is 2. The van der Waals surface area contributed by atoms with E-state index in [1.165, 1.54) is 9.80 Å². The normalized spacial score (nSPS) is 35.8. The lowest BCUT2D eigenvalue weighted by atomic mass is 9.85. The Kier molecular flexibility index (Phi) is 4.33. The molecule has 6 nitrogen and oxygen atoms in total. The lowest BCUT2D eigenvalue weighted by molar-refractivity contribution is -0.124. The summed E-state index contributed by atoms with van der Waals surface area (Å²) in [6.45, 7) is 3.87. The van der Waals surface area contributed by atoms with Crippen LogP contribution < -0.4 is 9.80 Å². The molecule has 0 N–H and O–H groups in total. The molecule has 4 bridgehead atoms. The van der Waals surface area contributed by atoms with E-state index in [1.54, 1.807) is 0 Å². The van der Waals surface area contributed by atoms with Crippen molar-refractivity contribution in [3.05, 3.63) is 71.8 Å². The number of imide groups is 2. The average molecular weight is 505 g/mol.